The van der Waals surface area contributed by atoms with Gasteiger partial charge in [0.1, 0.15) is 17.5 Å². The van der Waals surface area contributed by atoms with Crippen molar-refractivity contribution in [3.8, 4) is 0 Å². The van der Waals surface area contributed by atoms with Crippen molar-refractivity contribution >= 4 is 27.5 Å². The summed E-state index contributed by atoms with van der Waals surface area (Å²) in [7, 11) is 0. The molecule has 0 saturated carbocycles. The number of halogens is 5. The summed E-state index contributed by atoms with van der Waals surface area (Å²) in [5.74, 6) is -2.88. The number of hydrogen-bond acceptors (Lipinski definition) is 0. The molecule has 0 heterocycles. The zero-order chi connectivity index (χ0) is 14.0. The minimum Gasteiger partial charge on any atom is -0.207 e. The lowest BCUT2D eigenvalue weighted by Gasteiger charge is -2.12. The molecule has 0 aliphatic rings. The second-order valence-electron chi connectivity index (χ2n) is 4.08. The Hall–Kier alpha value is -1.00. The average Bonchev–Trinajstić information content (AvgIpc) is 2.30. The third kappa shape index (κ3) is 3.51. The second-order valence-corrected chi connectivity index (χ2v) is 5.52. The van der Waals surface area contributed by atoms with E-state index in [0.717, 1.165) is 10.0 Å². The molecule has 5 heteroatoms. The van der Waals surface area contributed by atoms with Crippen molar-refractivity contribution in [2.45, 2.75) is 11.8 Å². The standard InChI is InChI=1S/C14H9BrClF3/c15-9-3-1-8(2-4-9)5-11(16)14-12(18)6-10(17)7-13(14)19/h1-4,6-7,11H,5H2. The van der Waals surface area contributed by atoms with Crippen molar-refractivity contribution in [2.24, 2.45) is 0 Å². The van der Waals surface area contributed by atoms with E-state index in [4.69, 9.17) is 11.6 Å². The minimum atomic E-state index is -0.963. The number of alkyl halides is 1. The predicted octanol–water partition coefficient (Wildman–Crippen LogP) is 5.39. The van der Waals surface area contributed by atoms with Crippen LogP contribution in [0.1, 0.15) is 16.5 Å². The van der Waals surface area contributed by atoms with Gasteiger partial charge in [0, 0.05) is 22.2 Å². The highest BCUT2D eigenvalue weighted by atomic mass is 79.9. The Bertz CT molecular complexity index is 561. The normalized spacial score (nSPS) is 12.5. The molecule has 1 unspecified atom stereocenters. The molecule has 0 aliphatic heterocycles. The van der Waals surface area contributed by atoms with Crippen LogP contribution in [0.3, 0.4) is 0 Å². The maximum atomic E-state index is 13.6. The van der Waals surface area contributed by atoms with Crippen LogP contribution in [0.25, 0.3) is 0 Å². The van der Waals surface area contributed by atoms with E-state index in [1.165, 1.54) is 0 Å². The highest BCUT2D eigenvalue weighted by molar-refractivity contribution is 9.10. The highest BCUT2D eigenvalue weighted by Gasteiger charge is 2.19. The van der Waals surface area contributed by atoms with E-state index in [9.17, 15) is 13.2 Å². The first-order valence-electron chi connectivity index (χ1n) is 5.50. The average molecular weight is 350 g/mol. The molecule has 1 atom stereocenters. The predicted molar refractivity (Wildman–Crippen MR) is 72.8 cm³/mol. The fraction of sp³-hybridized carbons (Fsp3) is 0.143. The van der Waals surface area contributed by atoms with Crippen LogP contribution in [-0.2, 0) is 6.42 Å². The molecule has 0 saturated heterocycles. The zero-order valence-electron chi connectivity index (χ0n) is 9.64. The van der Waals surface area contributed by atoms with Gasteiger partial charge in [0.25, 0.3) is 0 Å². The molecule has 19 heavy (non-hydrogen) atoms. The van der Waals surface area contributed by atoms with Crippen molar-refractivity contribution in [1.29, 1.82) is 0 Å². The van der Waals surface area contributed by atoms with E-state index < -0.39 is 22.8 Å². The van der Waals surface area contributed by atoms with Crippen LogP contribution in [0.15, 0.2) is 40.9 Å². The van der Waals surface area contributed by atoms with Gasteiger partial charge in [-0.25, -0.2) is 13.2 Å². The van der Waals surface area contributed by atoms with Crippen LogP contribution in [0.4, 0.5) is 13.2 Å². The van der Waals surface area contributed by atoms with Gasteiger partial charge in [-0.15, -0.1) is 11.6 Å². The number of rotatable bonds is 3. The van der Waals surface area contributed by atoms with Crippen molar-refractivity contribution < 1.29 is 13.2 Å². The van der Waals surface area contributed by atoms with Gasteiger partial charge in [-0.1, -0.05) is 28.1 Å². The van der Waals surface area contributed by atoms with Gasteiger partial charge in [0.15, 0.2) is 0 Å². The Balaban J connectivity index is 2.25. The van der Waals surface area contributed by atoms with E-state index in [0.29, 0.717) is 12.1 Å². The Labute approximate surface area is 122 Å². The molecule has 0 nitrogen and oxygen atoms in total. The third-order valence-electron chi connectivity index (χ3n) is 2.69. The molecule has 0 aromatic heterocycles. The molecule has 100 valence electrons. The van der Waals surface area contributed by atoms with E-state index in [-0.39, 0.29) is 12.0 Å². The number of benzene rings is 2. The first kappa shape index (κ1) is 14.4. The molecular weight excluding hydrogens is 341 g/mol. The van der Waals surface area contributed by atoms with Gasteiger partial charge in [0.2, 0.25) is 0 Å². The minimum absolute atomic E-state index is 0.258. The van der Waals surface area contributed by atoms with Gasteiger partial charge < -0.3 is 0 Å². The zero-order valence-corrected chi connectivity index (χ0v) is 12.0. The fourth-order valence-corrected chi connectivity index (χ4v) is 2.43. The summed E-state index contributed by atoms with van der Waals surface area (Å²) < 4.78 is 40.8. The smallest absolute Gasteiger partial charge is 0.133 e. The summed E-state index contributed by atoms with van der Waals surface area (Å²) in [5.41, 5.74) is 0.539. The van der Waals surface area contributed by atoms with Crippen molar-refractivity contribution in [1.82, 2.24) is 0 Å². The van der Waals surface area contributed by atoms with Gasteiger partial charge in [-0.2, -0.15) is 0 Å². The molecule has 0 amide bonds. The SMILES string of the molecule is Fc1cc(F)c(C(Cl)Cc2ccc(Br)cc2)c(F)c1. The Morgan fingerprint density at radius 2 is 1.53 bits per heavy atom. The van der Waals surface area contributed by atoms with E-state index in [1.54, 1.807) is 12.1 Å². The first-order valence-corrected chi connectivity index (χ1v) is 6.73. The summed E-state index contributed by atoms with van der Waals surface area (Å²) in [6.07, 6.45) is 0.258. The number of hydrogen-bond donors (Lipinski definition) is 0. The van der Waals surface area contributed by atoms with Gasteiger partial charge in [0.05, 0.1) is 5.38 Å². The second kappa shape index (κ2) is 5.97. The van der Waals surface area contributed by atoms with Gasteiger partial charge >= 0.3 is 0 Å². The summed E-state index contributed by atoms with van der Waals surface area (Å²) in [6, 6.07) is 8.51. The molecule has 0 spiro atoms. The Morgan fingerprint density at radius 3 is 2.05 bits per heavy atom. The quantitative estimate of drug-likeness (QED) is 0.652. The van der Waals surface area contributed by atoms with Crippen LogP contribution < -0.4 is 0 Å². The fourth-order valence-electron chi connectivity index (χ4n) is 1.78. The lowest BCUT2D eigenvalue weighted by molar-refractivity contribution is 0.520. The van der Waals surface area contributed by atoms with Crippen LogP contribution in [0.2, 0.25) is 0 Å². The van der Waals surface area contributed by atoms with Gasteiger partial charge in [-0.3, -0.25) is 0 Å². The van der Waals surface area contributed by atoms with E-state index in [2.05, 4.69) is 15.9 Å². The topological polar surface area (TPSA) is 0 Å². The van der Waals surface area contributed by atoms with Crippen LogP contribution >= 0.6 is 27.5 Å². The van der Waals surface area contributed by atoms with Crippen molar-refractivity contribution in [3.63, 3.8) is 0 Å². The lowest BCUT2D eigenvalue weighted by atomic mass is 10.0. The molecule has 0 bridgehead atoms. The molecule has 2 aromatic carbocycles. The Kier molecular flexibility index (Phi) is 4.53. The van der Waals surface area contributed by atoms with Crippen LogP contribution in [0.5, 0.6) is 0 Å². The largest absolute Gasteiger partial charge is 0.207 e. The lowest BCUT2D eigenvalue weighted by Crippen LogP contribution is -2.03. The monoisotopic (exact) mass is 348 g/mol. The third-order valence-corrected chi connectivity index (χ3v) is 3.59. The maximum Gasteiger partial charge on any atom is 0.133 e. The first-order chi connectivity index (χ1) is 8.97. The molecule has 0 aliphatic carbocycles. The van der Waals surface area contributed by atoms with Crippen LogP contribution in [-0.4, -0.2) is 0 Å². The van der Waals surface area contributed by atoms with E-state index >= 15 is 0 Å². The summed E-state index contributed by atoms with van der Waals surface area (Å²) in [5, 5.41) is -0.887. The summed E-state index contributed by atoms with van der Waals surface area (Å²) in [4.78, 5) is 0. The summed E-state index contributed by atoms with van der Waals surface area (Å²) in [6.45, 7) is 0. The molecule has 0 radical (unpaired) electrons. The van der Waals surface area contributed by atoms with E-state index in [1.807, 2.05) is 12.1 Å². The van der Waals surface area contributed by atoms with Gasteiger partial charge in [-0.05, 0) is 24.1 Å². The highest BCUT2D eigenvalue weighted by Crippen LogP contribution is 2.30. The maximum absolute atomic E-state index is 13.6. The summed E-state index contributed by atoms with van der Waals surface area (Å²) >= 11 is 9.32. The molecule has 0 fully saturated rings. The molecule has 0 N–H and O–H groups in total. The molecular formula is C14H9BrClF3. The van der Waals surface area contributed by atoms with Crippen molar-refractivity contribution in [2.75, 3.05) is 0 Å². The Morgan fingerprint density at radius 1 is 1.00 bits per heavy atom. The molecule has 2 aromatic rings. The van der Waals surface area contributed by atoms with Crippen LogP contribution in [0, 0.1) is 17.5 Å². The van der Waals surface area contributed by atoms with Crippen molar-refractivity contribution in [3.05, 3.63) is 69.4 Å². The molecule has 2 rings (SSSR count).